The van der Waals surface area contributed by atoms with Crippen LogP contribution in [0.3, 0.4) is 0 Å². The van der Waals surface area contributed by atoms with Crippen molar-refractivity contribution in [2.75, 3.05) is 13.1 Å². The second-order valence-corrected chi connectivity index (χ2v) is 7.28. The van der Waals surface area contributed by atoms with Crippen LogP contribution in [-0.4, -0.2) is 45.2 Å². The van der Waals surface area contributed by atoms with Gasteiger partial charge in [0.15, 0.2) is 0 Å². The van der Waals surface area contributed by atoms with Crippen molar-refractivity contribution in [3.05, 3.63) is 59.7 Å². The molecule has 0 unspecified atom stereocenters. The van der Waals surface area contributed by atoms with E-state index in [1.807, 2.05) is 31.2 Å². The number of hydrogen-bond acceptors (Lipinski definition) is 5. The lowest BCUT2D eigenvalue weighted by molar-refractivity contribution is -0.143. The first kappa shape index (κ1) is 18.9. The molecule has 1 aromatic heterocycles. The van der Waals surface area contributed by atoms with Gasteiger partial charge in [-0.2, -0.15) is 0 Å². The van der Waals surface area contributed by atoms with Gasteiger partial charge in [-0.1, -0.05) is 17.7 Å². The monoisotopic (exact) mass is 391 g/mol. The highest BCUT2D eigenvalue weighted by atomic mass is 16.4. The predicted octanol–water partition coefficient (Wildman–Crippen LogP) is 3.65. The van der Waals surface area contributed by atoms with Gasteiger partial charge in [0.05, 0.1) is 5.92 Å². The number of rotatable bonds is 4. The van der Waals surface area contributed by atoms with Gasteiger partial charge in [-0.15, -0.1) is 10.2 Å². The Morgan fingerprint density at radius 1 is 1.00 bits per heavy atom. The molecule has 148 valence electrons. The summed E-state index contributed by atoms with van der Waals surface area (Å²) >= 11 is 0. The minimum atomic E-state index is -0.848. The van der Waals surface area contributed by atoms with E-state index in [1.54, 1.807) is 29.2 Å². The average Bonchev–Trinajstić information content (AvgIpc) is 3.24. The number of carboxylic acids is 1. The van der Waals surface area contributed by atoms with Crippen molar-refractivity contribution in [3.8, 4) is 22.9 Å². The lowest BCUT2D eigenvalue weighted by Crippen LogP contribution is -2.42. The number of amides is 1. The first-order chi connectivity index (χ1) is 14.0. The third-order valence-corrected chi connectivity index (χ3v) is 5.16. The van der Waals surface area contributed by atoms with E-state index in [9.17, 15) is 14.7 Å². The summed E-state index contributed by atoms with van der Waals surface area (Å²) in [7, 11) is 0. The number of aromatic nitrogens is 2. The Morgan fingerprint density at radius 2 is 1.59 bits per heavy atom. The molecule has 7 heteroatoms. The third kappa shape index (κ3) is 4.03. The third-order valence-electron chi connectivity index (χ3n) is 5.16. The zero-order valence-electron chi connectivity index (χ0n) is 16.0. The average molecular weight is 391 g/mol. The number of carboxylic acid groups (broad SMARTS) is 1. The molecular formula is C22H21N3O4. The fraction of sp³-hybridized carbons (Fsp3) is 0.273. The Hall–Kier alpha value is -3.48. The maximum Gasteiger partial charge on any atom is 0.308 e. The van der Waals surface area contributed by atoms with E-state index < -0.39 is 11.9 Å². The van der Waals surface area contributed by atoms with E-state index in [1.165, 1.54) is 0 Å². The molecule has 0 saturated carbocycles. The number of likely N-dealkylation sites (tertiary alicyclic amines) is 1. The second-order valence-electron chi connectivity index (χ2n) is 7.28. The summed E-state index contributed by atoms with van der Waals surface area (Å²) in [5, 5.41) is 17.4. The molecule has 29 heavy (non-hydrogen) atoms. The van der Waals surface area contributed by atoms with E-state index >= 15 is 0 Å². The Balaban J connectivity index is 1.49. The lowest BCUT2D eigenvalue weighted by Gasteiger charge is -2.30. The van der Waals surface area contributed by atoms with E-state index in [-0.39, 0.29) is 12.5 Å². The zero-order chi connectivity index (χ0) is 20.4. The molecule has 0 bridgehead atoms. The largest absolute Gasteiger partial charge is 0.481 e. The van der Waals surface area contributed by atoms with Gasteiger partial charge in [-0.3, -0.25) is 9.59 Å². The molecule has 2 aromatic carbocycles. The molecule has 4 rings (SSSR count). The molecule has 1 N–H and O–H groups in total. The van der Waals surface area contributed by atoms with Gasteiger partial charge >= 0.3 is 5.97 Å². The van der Waals surface area contributed by atoms with Gasteiger partial charge in [0.1, 0.15) is 0 Å². The Kier molecular flexibility index (Phi) is 5.12. The molecule has 1 aliphatic rings. The number of piperidine rings is 1. The van der Waals surface area contributed by atoms with Crippen molar-refractivity contribution in [1.82, 2.24) is 15.1 Å². The molecule has 1 fully saturated rings. The van der Waals surface area contributed by atoms with Crippen LogP contribution >= 0.6 is 0 Å². The maximum absolute atomic E-state index is 12.7. The van der Waals surface area contributed by atoms with Gasteiger partial charge in [0.25, 0.3) is 5.91 Å². The number of carbonyl (C=O) groups excluding carboxylic acids is 1. The van der Waals surface area contributed by atoms with Crippen LogP contribution in [-0.2, 0) is 4.79 Å². The van der Waals surface area contributed by atoms with Crippen LogP contribution in [0, 0.1) is 12.8 Å². The highest BCUT2D eigenvalue weighted by Gasteiger charge is 2.28. The summed E-state index contributed by atoms with van der Waals surface area (Å²) in [4.78, 5) is 25.5. The summed E-state index contributed by atoms with van der Waals surface area (Å²) in [6.07, 6.45) is 1.31. The molecule has 0 spiro atoms. The maximum atomic E-state index is 12.7. The zero-order valence-corrected chi connectivity index (χ0v) is 16.0. The number of aliphatic carboxylic acids is 1. The van der Waals surface area contributed by atoms with Crippen molar-refractivity contribution in [2.24, 2.45) is 5.92 Å². The van der Waals surface area contributed by atoms with Crippen molar-refractivity contribution in [2.45, 2.75) is 19.8 Å². The molecule has 7 nitrogen and oxygen atoms in total. The minimum Gasteiger partial charge on any atom is -0.481 e. The highest BCUT2D eigenvalue weighted by molar-refractivity contribution is 5.95. The SMILES string of the molecule is Cc1ccc(-c2nnc(-c3ccc(C(=O)N4CCC[C@H](C(=O)O)C4)cc3)o2)cc1. The number of carbonyl (C=O) groups is 2. The molecule has 1 aliphatic heterocycles. The molecular weight excluding hydrogens is 370 g/mol. The number of aryl methyl sites for hydroxylation is 1. The molecule has 1 atom stereocenters. The summed E-state index contributed by atoms with van der Waals surface area (Å²) in [5.74, 6) is -0.686. The molecule has 1 saturated heterocycles. The smallest absolute Gasteiger partial charge is 0.308 e. The topological polar surface area (TPSA) is 96.5 Å². The fourth-order valence-corrected chi connectivity index (χ4v) is 3.45. The van der Waals surface area contributed by atoms with Crippen molar-refractivity contribution < 1.29 is 19.1 Å². The van der Waals surface area contributed by atoms with Crippen molar-refractivity contribution in [1.29, 1.82) is 0 Å². The summed E-state index contributed by atoms with van der Waals surface area (Å²) in [6, 6.07) is 14.8. The molecule has 3 aromatic rings. The standard InChI is InChI=1S/C22H21N3O4/c1-14-4-6-15(7-5-14)19-23-24-20(29-19)16-8-10-17(11-9-16)21(26)25-12-2-3-18(13-25)22(27)28/h4-11,18H,2-3,12-13H2,1H3,(H,27,28)/t18-/m0/s1. The van der Waals surface area contributed by atoms with Crippen LogP contribution in [0.2, 0.25) is 0 Å². The Labute approximate surface area is 168 Å². The Bertz CT molecular complexity index is 1020. The molecule has 0 radical (unpaired) electrons. The minimum absolute atomic E-state index is 0.159. The normalized spacial score (nSPS) is 16.6. The summed E-state index contributed by atoms with van der Waals surface area (Å²) in [6.45, 7) is 2.84. The van der Waals surface area contributed by atoms with Gasteiger partial charge in [0, 0.05) is 29.8 Å². The second kappa shape index (κ2) is 7.87. The van der Waals surface area contributed by atoms with Gasteiger partial charge in [0.2, 0.25) is 11.8 Å². The van der Waals surface area contributed by atoms with Gasteiger partial charge in [-0.25, -0.2) is 0 Å². The van der Waals surface area contributed by atoms with E-state index in [0.717, 1.165) is 16.7 Å². The van der Waals surface area contributed by atoms with E-state index in [4.69, 9.17) is 4.42 Å². The van der Waals surface area contributed by atoms with Crippen molar-refractivity contribution in [3.63, 3.8) is 0 Å². The molecule has 1 amide bonds. The van der Waals surface area contributed by atoms with Gasteiger partial charge < -0.3 is 14.4 Å². The van der Waals surface area contributed by atoms with Crippen LogP contribution in [0.4, 0.5) is 0 Å². The summed E-state index contributed by atoms with van der Waals surface area (Å²) in [5.41, 5.74) is 3.23. The number of hydrogen-bond donors (Lipinski definition) is 1. The molecule has 0 aliphatic carbocycles. The predicted molar refractivity (Wildman–Crippen MR) is 106 cm³/mol. The molecule has 2 heterocycles. The van der Waals surface area contributed by atoms with Gasteiger partial charge in [-0.05, 0) is 56.2 Å². The fourth-order valence-electron chi connectivity index (χ4n) is 3.45. The van der Waals surface area contributed by atoms with E-state index in [0.29, 0.717) is 36.7 Å². The lowest BCUT2D eigenvalue weighted by atomic mass is 9.97. The Morgan fingerprint density at radius 3 is 2.17 bits per heavy atom. The highest BCUT2D eigenvalue weighted by Crippen LogP contribution is 2.25. The quantitative estimate of drug-likeness (QED) is 0.729. The first-order valence-corrected chi connectivity index (χ1v) is 9.54. The van der Waals surface area contributed by atoms with E-state index in [2.05, 4.69) is 10.2 Å². The van der Waals surface area contributed by atoms with Crippen LogP contribution in [0.15, 0.2) is 52.9 Å². The number of benzene rings is 2. The van der Waals surface area contributed by atoms with Crippen LogP contribution < -0.4 is 0 Å². The van der Waals surface area contributed by atoms with Crippen LogP contribution in [0.5, 0.6) is 0 Å². The summed E-state index contributed by atoms with van der Waals surface area (Å²) < 4.78 is 5.77. The van der Waals surface area contributed by atoms with Crippen LogP contribution in [0.1, 0.15) is 28.8 Å². The number of nitrogens with zero attached hydrogens (tertiary/aromatic N) is 3. The van der Waals surface area contributed by atoms with Crippen LogP contribution in [0.25, 0.3) is 22.9 Å². The first-order valence-electron chi connectivity index (χ1n) is 9.54. The van der Waals surface area contributed by atoms with Crippen molar-refractivity contribution >= 4 is 11.9 Å².